The van der Waals surface area contributed by atoms with Gasteiger partial charge in [0.05, 0.1) is 0 Å². The third kappa shape index (κ3) is 6.86. The molecule has 0 aliphatic heterocycles. The van der Waals surface area contributed by atoms with Gasteiger partial charge in [-0.05, 0) is 70.6 Å². The number of thiophene rings is 1. The Morgan fingerprint density at radius 1 is 0.850 bits per heavy atom. The van der Waals surface area contributed by atoms with Crippen LogP contribution in [0.2, 0.25) is 5.02 Å². The Morgan fingerprint density at radius 3 is 2.33 bits per heavy atom. The molecule has 0 saturated carbocycles. The molecule has 4 aromatic carbocycles. The predicted octanol–water partition coefficient (Wildman–Crippen LogP) is 8.85. The van der Waals surface area contributed by atoms with Gasteiger partial charge in [0.15, 0.2) is 0 Å². The topological polar surface area (TPSA) is 47.6 Å². The van der Waals surface area contributed by atoms with Crippen molar-refractivity contribution in [3.05, 3.63) is 130 Å². The zero-order valence-corrected chi connectivity index (χ0v) is 22.7. The number of nitrogens with one attached hydrogen (secondary N) is 1. The highest BCUT2D eigenvalue weighted by molar-refractivity contribution is 7.14. The molecular weight excluding hydrogens is 552 g/mol. The molecule has 4 nitrogen and oxygen atoms in total. The van der Waals surface area contributed by atoms with Crippen molar-refractivity contribution in [3.63, 3.8) is 0 Å². The van der Waals surface area contributed by atoms with E-state index in [0.717, 1.165) is 32.7 Å². The molecule has 202 valence electrons. The lowest BCUT2D eigenvalue weighted by atomic mass is 10.0. The second-order valence-electron chi connectivity index (χ2n) is 8.86. The van der Waals surface area contributed by atoms with Crippen LogP contribution in [0.15, 0.2) is 109 Å². The first-order valence-electron chi connectivity index (χ1n) is 12.4. The molecule has 0 saturated heterocycles. The molecule has 8 heteroatoms. The van der Waals surface area contributed by atoms with Crippen molar-refractivity contribution in [3.8, 4) is 33.1 Å². The zero-order chi connectivity index (χ0) is 27.9. The lowest BCUT2D eigenvalue weighted by Gasteiger charge is -2.14. The third-order valence-electron chi connectivity index (χ3n) is 6.15. The number of ether oxygens (including phenoxy) is 2. The number of hydrogen-bond donors (Lipinski definition) is 1. The second kappa shape index (κ2) is 12.8. The van der Waals surface area contributed by atoms with E-state index in [-0.39, 0.29) is 18.3 Å². The molecule has 1 heterocycles. The van der Waals surface area contributed by atoms with Crippen LogP contribution in [0.5, 0.6) is 11.5 Å². The van der Waals surface area contributed by atoms with Crippen molar-refractivity contribution >= 4 is 28.8 Å². The SMILES string of the molecule is O=C(NCc1ccccc1)c1ccc(-c2sccc2-c2cc(Cl)ccc2OCc2ccc(OC(F)F)cc2)cc1. The van der Waals surface area contributed by atoms with Gasteiger partial charge in [0.25, 0.3) is 5.91 Å². The van der Waals surface area contributed by atoms with Gasteiger partial charge in [0.1, 0.15) is 18.1 Å². The first kappa shape index (κ1) is 27.4. The maximum atomic E-state index is 12.7. The van der Waals surface area contributed by atoms with Crippen LogP contribution in [0.25, 0.3) is 21.6 Å². The highest BCUT2D eigenvalue weighted by Gasteiger charge is 2.16. The number of benzene rings is 4. The minimum Gasteiger partial charge on any atom is -0.488 e. The fraction of sp³-hybridized carbons (Fsp3) is 0.0938. The minimum absolute atomic E-state index is 0.0912. The summed E-state index contributed by atoms with van der Waals surface area (Å²) in [5.41, 5.74) is 5.15. The van der Waals surface area contributed by atoms with E-state index in [0.29, 0.717) is 22.9 Å². The highest BCUT2D eigenvalue weighted by atomic mass is 35.5. The summed E-state index contributed by atoms with van der Waals surface area (Å²) in [6, 6.07) is 31.0. The van der Waals surface area contributed by atoms with E-state index in [9.17, 15) is 13.6 Å². The molecule has 0 spiro atoms. The Kier molecular flexibility index (Phi) is 8.74. The Morgan fingerprint density at radius 2 is 1.60 bits per heavy atom. The fourth-order valence-corrected chi connectivity index (χ4v) is 5.25. The average molecular weight is 576 g/mol. The van der Waals surface area contributed by atoms with E-state index in [2.05, 4.69) is 10.1 Å². The lowest BCUT2D eigenvalue weighted by Crippen LogP contribution is -2.22. The van der Waals surface area contributed by atoms with E-state index >= 15 is 0 Å². The Hall–Kier alpha value is -4.20. The quantitative estimate of drug-likeness (QED) is 0.181. The minimum atomic E-state index is -2.87. The van der Waals surface area contributed by atoms with Gasteiger partial charge < -0.3 is 14.8 Å². The Labute approximate surface area is 239 Å². The molecule has 1 N–H and O–H groups in total. The maximum Gasteiger partial charge on any atom is 0.387 e. The van der Waals surface area contributed by atoms with E-state index in [4.69, 9.17) is 16.3 Å². The summed E-state index contributed by atoms with van der Waals surface area (Å²) in [7, 11) is 0. The van der Waals surface area contributed by atoms with Crippen LogP contribution in [0.3, 0.4) is 0 Å². The normalized spacial score (nSPS) is 10.9. The second-order valence-corrected chi connectivity index (χ2v) is 10.2. The van der Waals surface area contributed by atoms with Crippen LogP contribution in [0.1, 0.15) is 21.5 Å². The maximum absolute atomic E-state index is 12.7. The summed E-state index contributed by atoms with van der Waals surface area (Å²) in [6.45, 7) is -2.18. The number of halogens is 3. The number of carbonyl (C=O) groups is 1. The fourth-order valence-electron chi connectivity index (χ4n) is 4.16. The van der Waals surface area contributed by atoms with Crippen molar-refractivity contribution in [1.29, 1.82) is 0 Å². The van der Waals surface area contributed by atoms with Gasteiger partial charge in [0.2, 0.25) is 0 Å². The Bertz CT molecular complexity index is 1570. The van der Waals surface area contributed by atoms with Crippen LogP contribution < -0.4 is 14.8 Å². The third-order valence-corrected chi connectivity index (χ3v) is 7.34. The summed E-state index contributed by atoms with van der Waals surface area (Å²) in [5.74, 6) is 0.587. The summed E-state index contributed by atoms with van der Waals surface area (Å²) < 4.78 is 35.4. The number of alkyl halides is 2. The molecular formula is C32H24ClF2NO3S. The highest BCUT2D eigenvalue weighted by Crippen LogP contribution is 2.42. The monoisotopic (exact) mass is 575 g/mol. The first-order chi connectivity index (χ1) is 19.5. The van der Waals surface area contributed by atoms with E-state index < -0.39 is 6.61 Å². The molecule has 0 unspecified atom stereocenters. The molecule has 0 radical (unpaired) electrons. The molecule has 0 aliphatic rings. The van der Waals surface area contributed by atoms with Gasteiger partial charge in [-0.3, -0.25) is 4.79 Å². The molecule has 1 amide bonds. The zero-order valence-electron chi connectivity index (χ0n) is 21.2. The molecule has 0 atom stereocenters. The largest absolute Gasteiger partial charge is 0.488 e. The van der Waals surface area contributed by atoms with Crippen LogP contribution >= 0.6 is 22.9 Å². The van der Waals surface area contributed by atoms with Crippen molar-refractivity contribution < 1.29 is 23.0 Å². The van der Waals surface area contributed by atoms with E-state index in [1.165, 1.54) is 12.1 Å². The number of carbonyl (C=O) groups excluding carboxylic acids is 1. The van der Waals surface area contributed by atoms with Gasteiger partial charge in [-0.2, -0.15) is 8.78 Å². The molecule has 0 fully saturated rings. The van der Waals surface area contributed by atoms with Crippen molar-refractivity contribution in [2.75, 3.05) is 0 Å². The van der Waals surface area contributed by atoms with Gasteiger partial charge in [0, 0.05) is 33.1 Å². The first-order valence-corrected chi connectivity index (χ1v) is 13.7. The van der Waals surface area contributed by atoms with Crippen molar-refractivity contribution in [2.24, 2.45) is 0 Å². The Balaban J connectivity index is 1.32. The standard InChI is InChI=1S/C32H24ClF2NO3S/c33-25-12-15-29(38-20-22-6-13-26(14-7-22)39-32(34)35)28(18-25)27-16-17-40-30(27)23-8-10-24(11-9-23)31(37)36-19-21-4-2-1-3-5-21/h1-18,32H,19-20H2,(H,36,37). The summed E-state index contributed by atoms with van der Waals surface area (Å²) in [6.07, 6.45) is 0. The molecule has 0 bridgehead atoms. The van der Waals surface area contributed by atoms with Gasteiger partial charge in [-0.25, -0.2) is 0 Å². The summed E-state index contributed by atoms with van der Waals surface area (Å²) in [4.78, 5) is 13.7. The van der Waals surface area contributed by atoms with Crippen molar-refractivity contribution in [1.82, 2.24) is 5.32 Å². The lowest BCUT2D eigenvalue weighted by molar-refractivity contribution is -0.0498. The average Bonchev–Trinajstić information content (AvgIpc) is 3.46. The van der Waals surface area contributed by atoms with Crippen LogP contribution in [0, 0.1) is 0 Å². The van der Waals surface area contributed by atoms with Gasteiger partial charge in [-0.1, -0.05) is 66.2 Å². The molecule has 0 aliphatic carbocycles. The van der Waals surface area contributed by atoms with Crippen molar-refractivity contribution in [2.45, 2.75) is 19.8 Å². The smallest absolute Gasteiger partial charge is 0.387 e. The predicted molar refractivity (Wildman–Crippen MR) is 155 cm³/mol. The van der Waals surface area contributed by atoms with Gasteiger partial charge in [-0.15, -0.1) is 11.3 Å². The van der Waals surface area contributed by atoms with Crippen LogP contribution in [-0.4, -0.2) is 12.5 Å². The molecule has 40 heavy (non-hydrogen) atoms. The van der Waals surface area contributed by atoms with Crippen LogP contribution in [0.4, 0.5) is 8.78 Å². The number of rotatable bonds is 10. The molecule has 1 aromatic heterocycles. The molecule has 5 rings (SSSR count). The van der Waals surface area contributed by atoms with Gasteiger partial charge >= 0.3 is 6.61 Å². The molecule has 5 aromatic rings. The summed E-state index contributed by atoms with van der Waals surface area (Å²) in [5, 5.41) is 5.52. The number of hydrogen-bond acceptors (Lipinski definition) is 4. The van der Waals surface area contributed by atoms with E-state index in [1.807, 2.05) is 78.2 Å². The summed E-state index contributed by atoms with van der Waals surface area (Å²) >= 11 is 7.95. The number of amides is 1. The van der Waals surface area contributed by atoms with Crippen LogP contribution in [-0.2, 0) is 13.2 Å². The van der Waals surface area contributed by atoms with E-state index in [1.54, 1.807) is 29.5 Å².